The molecule has 2 fully saturated rings. The van der Waals surface area contributed by atoms with Crippen LogP contribution in [-0.2, 0) is 0 Å². The third-order valence-corrected chi connectivity index (χ3v) is 15.4. The van der Waals surface area contributed by atoms with E-state index in [1.807, 2.05) is 40.9 Å². The minimum absolute atomic E-state index is 0.122. The van der Waals surface area contributed by atoms with Gasteiger partial charge in [0.25, 0.3) is 0 Å². The Kier molecular flexibility index (Phi) is 19.0. The lowest BCUT2D eigenvalue weighted by atomic mass is 9.80. The lowest BCUT2D eigenvalue weighted by molar-refractivity contribution is 0.416. The summed E-state index contributed by atoms with van der Waals surface area (Å²) in [6.07, 6.45) is 14.4. The summed E-state index contributed by atoms with van der Waals surface area (Å²) < 4.78 is 5.81. The molecule has 0 bridgehead atoms. The van der Waals surface area contributed by atoms with Crippen LogP contribution in [0.15, 0.2) is 115 Å². The molecule has 62 heavy (non-hydrogen) atoms. The van der Waals surface area contributed by atoms with Crippen molar-refractivity contribution in [2.45, 2.75) is 131 Å². The van der Waals surface area contributed by atoms with E-state index in [0.29, 0.717) is 5.46 Å². The first-order valence-electron chi connectivity index (χ1n) is 22.7. The van der Waals surface area contributed by atoms with Gasteiger partial charge < -0.3 is 14.8 Å². The molecule has 0 amide bonds. The number of rotatable bonds is 7. The Morgan fingerprint density at radius 1 is 0.532 bits per heavy atom. The molecule has 2 N–H and O–H groups in total. The Labute approximate surface area is 375 Å². The van der Waals surface area contributed by atoms with E-state index >= 15 is 0 Å². The fourth-order valence-corrected chi connectivity index (χ4v) is 13.1. The van der Waals surface area contributed by atoms with Gasteiger partial charge in [-0.25, -0.2) is 0 Å². The van der Waals surface area contributed by atoms with E-state index < -0.39 is 7.12 Å². The smallest absolute Gasteiger partial charge is 0.488 e. The summed E-state index contributed by atoms with van der Waals surface area (Å²) in [5, 5.41) is 19.1. The van der Waals surface area contributed by atoms with Gasteiger partial charge >= 0.3 is 7.12 Å². The zero-order valence-corrected chi connectivity index (χ0v) is 39.8. The average molecular weight is 849 g/mol. The van der Waals surface area contributed by atoms with Crippen molar-refractivity contribution in [1.29, 1.82) is 0 Å². The van der Waals surface area contributed by atoms with Crippen molar-refractivity contribution in [2.75, 3.05) is 7.11 Å². The predicted octanol–water partition coefficient (Wildman–Crippen LogP) is 12.8. The van der Waals surface area contributed by atoms with Crippen LogP contribution < -0.4 is 15.5 Å². The molecular formula is C55H70BN2O3P. The summed E-state index contributed by atoms with van der Waals surface area (Å²) in [6, 6.07) is 39.8. The molecule has 0 aliphatic heterocycles. The van der Waals surface area contributed by atoms with Crippen molar-refractivity contribution < 1.29 is 14.8 Å². The maximum atomic E-state index is 8.70. The third-order valence-electron chi connectivity index (χ3n) is 11.8. The minimum atomic E-state index is -1.35. The second kappa shape index (κ2) is 24.3. The van der Waals surface area contributed by atoms with Crippen LogP contribution in [0.5, 0.6) is 5.75 Å². The van der Waals surface area contributed by atoms with E-state index in [1.165, 1.54) is 103 Å². The summed E-state index contributed by atoms with van der Waals surface area (Å²) in [5.41, 5.74) is 16.9. The molecule has 326 valence electrons. The predicted molar refractivity (Wildman–Crippen MR) is 267 cm³/mol. The van der Waals surface area contributed by atoms with Gasteiger partial charge in [-0.3, -0.25) is 9.97 Å². The normalized spacial score (nSPS) is 14.1. The topological polar surface area (TPSA) is 75.5 Å². The van der Waals surface area contributed by atoms with Crippen LogP contribution in [0.3, 0.4) is 0 Å². The second-order valence-corrected chi connectivity index (χ2v) is 20.2. The van der Waals surface area contributed by atoms with Crippen molar-refractivity contribution >= 4 is 25.8 Å². The Balaban J connectivity index is 0.000000178. The first-order chi connectivity index (χ1) is 29.8. The molecule has 0 unspecified atom stereocenters. The van der Waals surface area contributed by atoms with Gasteiger partial charge in [0.15, 0.2) is 0 Å². The first kappa shape index (κ1) is 48.4. The quantitative estimate of drug-likeness (QED) is 0.124. The third kappa shape index (κ3) is 14.5. The summed E-state index contributed by atoms with van der Waals surface area (Å²) in [6.45, 7) is 16.5. The van der Waals surface area contributed by atoms with Gasteiger partial charge in [0, 0.05) is 28.2 Å². The van der Waals surface area contributed by atoms with Gasteiger partial charge in [-0.1, -0.05) is 136 Å². The van der Waals surface area contributed by atoms with Gasteiger partial charge in [0.1, 0.15) is 5.75 Å². The van der Waals surface area contributed by atoms with E-state index in [4.69, 9.17) is 14.8 Å². The zero-order chi connectivity index (χ0) is 44.6. The van der Waals surface area contributed by atoms with Crippen molar-refractivity contribution in [2.24, 2.45) is 0 Å². The highest BCUT2D eigenvalue weighted by Gasteiger charge is 2.34. The molecule has 2 aromatic heterocycles. The summed E-state index contributed by atoms with van der Waals surface area (Å²) in [7, 11) is 0.342. The van der Waals surface area contributed by atoms with Gasteiger partial charge in [0.05, 0.1) is 12.8 Å². The number of nitrogens with zero attached hydrogens (tertiary/aromatic N) is 2. The molecular weight excluding hydrogens is 778 g/mol. The molecule has 5 nitrogen and oxygen atoms in total. The Bertz CT molecular complexity index is 2230. The van der Waals surface area contributed by atoms with Gasteiger partial charge in [-0.2, -0.15) is 0 Å². The van der Waals surface area contributed by atoms with Crippen LogP contribution in [0.4, 0.5) is 0 Å². The number of aromatic nitrogens is 2. The molecule has 4 aromatic carbocycles. The highest BCUT2D eigenvalue weighted by atomic mass is 31.1. The van der Waals surface area contributed by atoms with E-state index in [2.05, 4.69) is 129 Å². The molecule has 8 rings (SSSR count). The molecule has 0 saturated heterocycles. The Morgan fingerprint density at radius 2 is 1.06 bits per heavy atom. The van der Waals surface area contributed by atoms with Crippen molar-refractivity contribution in [1.82, 2.24) is 9.97 Å². The molecule has 6 aromatic rings. The molecule has 0 radical (unpaired) electrons. The summed E-state index contributed by atoms with van der Waals surface area (Å²) in [5.74, 6) is 1.02. The van der Waals surface area contributed by atoms with Crippen LogP contribution in [0, 0.1) is 55.4 Å². The second-order valence-electron chi connectivity index (χ2n) is 17.4. The number of aryl methyl sites for hydroxylation is 8. The Hall–Kier alpha value is -4.61. The van der Waals surface area contributed by atoms with E-state index in [-0.39, 0.29) is 7.92 Å². The molecule has 2 aliphatic rings. The van der Waals surface area contributed by atoms with Gasteiger partial charge in [-0.15, -0.1) is 0 Å². The SMILES string of the molecule is COc1cccc(C)c1-c1ccccc1P(C1CCCCC1)C1CCCCC1.Cc1cc(C)nc(C)c1.Cc1cccc(-c2cc(C)cc(C)n2)c1.Cc1cccc(B(O)O)c1. The molecule has 2 heterocycles. The summed E-state index contributed by atoms with van der Waals surface area (Å²) in [4.78, 5) is 8.78. The minimum Gasteiger partial charge on any atom is -0.496 e. The molecule has 2 aliphatic carbocycles. The maximum absolute atomic E-state index is 8.70. The lowest BCUT2D eigenvalue weighted by Crippen LogP contribution is -2.29. The monoisotopic (exact) mass is 849 g/mol. The lowest BCUT2D eigenvalue weighted by Gasteiger charge is -2.39. The summed E-state index contributed by atoms with van der Waals surface area (Å²) >= 11 is 0. The highest BCUT2D eigenvalue weighted by molar-refractivity contribution is 7.67. The van der Waals surface area contributed by atoms with Crippen LogP contribution in [0.25, 0.3) is 22.4 Å². The number of benzene rings is 4. The van der Waals surface area contributed by atoms with Crippen LogP contribution in [0.1, 0.15) is 109 Å². The van der Waals surface area contributed by atoms with E-state index in [9.17, 15) is 0 Å². The largest absolute Gasteiger partial charge is 0.496 e. The maximum Gasteiger partial charge on any atom is 0.488 e. The standard InChI is InChI=1S/C26H35OP.C14H15N.C8H11N.C7H9BO2/c1-20-12-11-18-24(27-2)26(20)23-17-9-10-19-25(23)28(21-13-5-3-6-14-21)22-15-7-4-8-16-22;1-10-5-4-6-13(8-10)14-9-11(2)7-12(3)15-14;1-6-4-7(2)9-8(3)5-6;1-6-3-2-4-7(5-6)8(9)10/h9-12,17-19,21-22H,3-8,13-16H2,1-2H3;4-9H,1-3H3;4-5H,1-3H3;2-5,9-10H,1H3. The first-order valence-corrected chi connectivity index (χ1v) is 24.2. The number of hydrogen-bond acceptors (Lipinski definition) is 5. The number of pyridine rings is 2. The highest BCUT2D eigenvalue weighted by Crippen LogP contribution is 2.56. The average Bonchev–Trinajstić information content (AvgIpc) is 3.25. The number of ether oxygens (including phenoxy) is 1. The molecule has 0 spiro atoms. The number of hydrogen-bond donors (Lipinski definition) is 2. The molecule has 0 atom stereocenters. The zero-order valence-electron chi connectivity index (χ0n) is 38.9. The fourth-order valence-electron chi connectivity index (χ4n) is 9.14. The fraction of sp³-hybridized carbons (Fsp3) is 0.382. The molecule has 7 heteroatoms. The van der Waals surface area contributed by atoms with Gasteiger partial charge in [-0.05, 0) is 162 Å². The number of methoxy groups -OCH3 is 1. The van der Waals surface area contributed by atoms with Crippen molar-refractivity contribution in [3.63, 3.8) is 0 Å². The van der Waals surface area contributed by atoms with E-state index in [1.54, 1.807) is 23.5 Å². The molecule has 2 saturated carbocycles. The van der Waals surface area contributed by atoms with Gasteiger partial charge in [0.2, 0.25) is 0 Å². The van der Waals surface area contributed by atoms with Crippen molar-refractivity contribution in [3.8, 4) is 28.1 Å². The Morgan fingerprint density at radius 3 is 1.58 bits per heavy atom. The van der Waals surface area contributed by atoms with Crippen LogP contribution >= 0.6 is 7.92 Å². The van der Waals surface area contributed by atoms with Crippen LogP contribution in [0.2, 0.25) is 0 Å². The van der Waals surface area contributed by atoms with E-state index in [0.717, 1.165) is 45.4 Å². The van der Waals surface area contributed by atoms with Crippen LogP contribution in [-0.4, -0.2) is 45.6 Å². The van der Waals surface area contributed by atoms with Crippen molar-refractivity contribution in [3.05, 3.63) is 160 Å².